The number of hydrogen-bond donors (Lipinski definition) is 3. The SMILES string of the molecule is NNc1ccc([N+](=O)[O-])cc1C(=O)NC1CC1. The molecular formula is C10H12N4O3. The van der Waals surface area contributed by atoms with Gasteiger partial charge in [0.25, 0.3) is 11.6 Å². The van der Waals surface area contributed by atoms with Gasteiger partial charge in [-0.3, -0.25) is 20.8 Å². The number of nitrogen functional groups attached to an aromatic ring is 1. The molecule has 90 valence electrons. The molecular weight excluding hydrogens is 224 g/mol. The second kappa shape index (κ2) is 4.38. The minimum Gasteiger partial charge on any atom is -0.349 e. The Bertz CT molecular complexity index is 471. The van der Waals surface area contributed by atoms with Crippen molar-refractivity contribution in [3.8, 4) is 0 Å². The third-order valence-corrected chi connectivity index (χ3v) is 2.53. The van der Waals surface area contributed by atoms with Gasteiger partial charge in [-0.1, -0.05) is 0 Å². The Morgan fingerprint density at radius 3 is 2.71 bits per heavy atom. The van der Waals surface area contributed by atoms with Gasteiger partial charge in [-0.15, -0.1) is 0 Å². The highest BCUT2D eigenvalue weighted by molar-refractivity contribution is 6.00. The predicted molar refractivity (Wildman–Crippen MR) is 61.4 cm³/mol. The highest BCUT2D eigenvalue weighted by Crippen LogP contribution is 2.24. The smallest absolute Gasteiger partial charge is 0.270 e. The van der Waals surface area contributed by atoms with Crippen molar-refractivity contribution >= 4 is 17.3 Å². The van der Waals surface area contributed by atoms with Crippen molar-refractivity contribution in [3.05, 3.63) is 33.9 Å². The molecule has 1 aromatic rings. The molecule has 0 heterocycles. The van der Waals surface area contributed by atoms with Crippen LogP contribution in [-0.4, -0.2) is 16.9 Å². The Morgan fingerprint density at radius 1 is 1.47 bits per heavy atom. The molecule has 2 rings (SSSR count). The molecule has 1 aliphatic rings. The van der Waals surface area contributed by atoms with Crippen molar-refractivity contribution in [2.45, 2.75) is 18.9 Å². The quantitative estimate of drug-likeness (QED) is 0.406. The molecule has 1 aliphatic carbocycles. The summed E-state index contributed by atoms with van der Waals surface area (Å²) in [7, 11) is 0. The number of benzene rings is 1. The van der Waals surface area contributed by atoms with Crippen LogP contribution in [0.5, 0.6) is 0 Å². The van der Waals surface area contributed by atoms with E-state index in [4.69, 9.17) is 5.84 Å². The molecule has 4 N–H and O–H groups in total. The van der Waals surface area contributed by atoms with Gasteiger partial charge in [0.1, 0.15) is 0 Å². The molecule has 0 atom stereocenters. The van der Waals surface area contributed by atoms with Crippen molar-refractivity contribution in [1.29, 1.82) is 0 Å². The Morgan fingerprint density at radius 2 is 2.18 bits per heavy atom. The van der Waals surface area contributed by atoms with E-state index in [9.17, 15) is 14.9 Å². The van der Waals surface area contributed by atoms with E-state index in [0.29, 0.717) is 5.69 Å². The lowest BCUT2D eigenvalue weighted by atomic mass is 10.1. The fourth-order valence-electron chi connectivity index (χ4n) is 1.45. The van der Waals surface area contributed by atoms with Gasteiger partial charge in [0.2, 0.25) is 0 Å². The first kappa shape index (κ1) is 11.3. The molecule has 7 nitrogen and oxygen atoms in total. The van der Waals surface area contributed by atoms with Gasteiger partial charge in [0, 0.05) is 18.2 Å². The molecule has 7 heteroatoms. The van der Waals surface area contributed by atoms with E-state index in [2.05, 4.69) is 10.7 Å². The average molecular weight is 236 g/mol. The Kier molecular flexibility index (Phi) is 2.92. The lowest BCUT2D eigenvalue weighted by Gasteiger charge is -2.08. The molecule has 1 fully saturated rings. The first-order chi connectivity index (χ1) is 8.11. The van der Waals surface area contributed by atoms with Crippen LogP contribution < -0.4 is 16.6 Å². The van der Waals surface area contributed by atoms with Gasteiger partial charge < -0.3 is 10.7 Å². The summed E-state index contributed by atoms with van der Waals surface area (Å²) in [6.07, 6.45) is 1.90. The van der Waals surface area contributed by atoms with E-state index in [-0.39, 0.29) is 23.2 Å². The van der Waals surface area contributed by atoms with Crippen LogP contribution in [-0.2, 0) is 0 Å². The lowest BCUT2D eigenvalue weighted by Crippen LogP contribution is -2.27. The number of nitrogens with two attached hydrogens (primary N) is 1. The van der Waals surface area contributed by atoms with Gasteiger partial charge in [0.15, 0.2) is 0 Å². The Balaban J connectivity index is 2.30. The van der Waals surface area contributed by atoms with E-state index >= 15 is 0 Å². The van der Waals surface area contributed by atoms with Crippen molar-refractivity contribution in [2.24, 2.45) is 5.84 Å². The van der Waals surface area contributed by atoms with Gasteiger partial charge in [-0.25, -0.2) is 0 Å². The first-order valence-corrected chi connectivity index (χ1v) is 5.17. The first-order valence-electron chi connectivity index (χ1n) is 5.17. The van der Waals surface area contributed by atoms with Crippen molar-refractivity contribution in [1.82, 2.24) is 5.32 Å². The number of nitrogens with one attached hydrogen (secondary N) is 2. The summed E-state index contributed by atoms with van der Waals surface area (Å²) in [5, 5.41) is 13.4. The summed E-state index contributed by atoms with van der Waals surface area (Å²) in [6.45, 7) is 0. The third kappa shape index (κ3) is 2.51. The maximum absolute atomic E-state index is 11.8. The zero-order valence-electron chi connectivity index (χ0n) is 8.97. The number of nitrogens with zero attached hydrogens (tertiary/aromatic N) is 1. The second-order valence-corrected chi connectivity index (χ2v) is 3.88. The van der Waals surface area contributed by atoms with Crippen LogP contribution in [0.2, 0.25) is 0 Å². The molecule has 1 aromatic carbocycles. The fraction of sp³-hybridized carbons (Fsp3) is 0.300. The van der Waals surface area contributed by atoms with Crippen LogP contribution in [0.15, 0.2) is 18.2 Å². The van der Waals surface area contributed by atoms with Crippen LogP contribution >= 0.6 is 0 Å². The largest absolute Gasteiger partial charge is 0.349 e. The minimum absolute atomic E-state index is 0.134. The lowest BCUT2D eigenvalue weighted by molar-refractivity contribution is -0.384. The number of hydrogen-bond acceptors (Lipinski definition) is 5. The topological polar surface area (TPSA) is 110 Å². The Hall–Kier alpha value is -2.15. The molecule has 0 bridgehead atoms. The maximum atomic E-state index is 11.8. The molecule has 0 radical (unpaired) electrons. The molecule has 0 unspecified atom stereocenters. The number of rotatable bonds is 4. The highest BCUT2D eigenvalue weighted by Gasteiger charge is 2.25. The van der Waals surface area contributed by atoms with Gasteiger partial charge in [-0.05, 0) is 18.9 Å². The molecule has 0 aromatic heterocycles. The number of hydrazine groups is 1. The van der Waals surface area contributed by atoms with E-state index in [0.717, 1.165) is 12.8 Å². The molecule has 1 saturated carbocycles. The molecule has 0 aliphatic heterocycles. The number of carbonyl (C=O) groups is 1. The predicted octanol–water partition coefficient (Wildman–Crippen LogP) is 0.773. The summed E-state index contributed by atoms with van der Waals surface area (Å²) >= 11 is 0. The normalized spacial score (nSPS) is 14.2. The monoisotopic (exact) mass is 236 g/mol. The second-order valence-electron chi connectivity index (χ2n) is 3.88. The van der Waals surface area contributed by atoms with Gasteiger partial charge in [0.05, 0.1) is 16.2 Å². The minimum atomic E-state index is -0.547. The third-order valence-electron chi connectivity index (χ3n) is 2.53. The number of non-ortho nitro benzene ring substituents is 1. The number of nitro benzene ring substituents is 1. The van der Waals surface area contributed by atoms with Crippen molar-refractivity contribution in [2.75, 3.05) is 5.43 Å². The number of nitro groups is 1. The fourth-order valence-corrected chi connectivity index (χ4v) is 1.45. The van der Waals surface area contributed by atoms with E-state index in [1.165, 1.54) is 18.2 Å². The maximum Gasteiger partial charge on any atom is 0.270 e. The summed E-state index contributed by atoms with van der Waals surface area (Å²) in [5.74, 6) is 4.92. The van der Waals surface area contributed by atoms with E-state index in [1.54, 1.807) is 0 Å². The average Bonchev–Trinajstić information content (AvgIpc) is 3.11. The van der Waals surface area contributed by atoms with Gasteiger partial charge in [-0.2, -0.15) is 0 Å². The molecule has 1 amide bonds. The number of anilines is 1. The zero-order chi connectivity index (χ0) is 12.4. The zero-order valence-corrected chi connectivity index (χ0v) is 8.97. The highest BCUT2D eigenvalue weighted by atomic mass is 16.6. The van der Waals surface area contributed by atoms with Crippen molar-refractivity contribution in [3.63, 3.8) is 0 Å². The number of carbonyl (C=O) groups excluding carboxylic acids is 1. The standard InChI is InChI=1S/C10H12N4O3/c11-13-9-4-3-7(14(16)17)5-8(9)10(15)12-6-1-2-6/h3-6,13H,1-2,11H2,(H,12,15). The molecule has 0 spiro atoms. The van der Waals surface area contributed by atoms with Crippen LogP contribution in [0, 0.1) is 10.1 Å². The van der Waals surface area contributed by atoms with Crippen LogP contribution in [0.1, 0.15) is 23.2 Å². The summed E-state index contributed by atoms with van der Waals surface area (Å²) < 4.78 is 0. The molecule has 17 heavy (non-hydrogen) atoms. The van der Waals surface area contributed by atoms with Crippen LogP contribution in [0.25, 0.3) is 0 Å². The van der Waals surface area contributed by atoms with Crippen LogP contribution in [0.4, 0.5) is 11.4 Å². The van der Waals surface area contributed by atoms with Gasteiger partial charge >= 0.3 is 0 Å². The summed E-state index contributed by atoms with van der Waals surface area (Å²) in [5.41, 5.74) is 2.78. The summed E-state index contributed by atoms with van der Waals surface area (Å²) in [4.78, 5) is 21.9. The Labute approximate surface area is 97.1 Å². The number of amides is 1. The van der Waals surface area contributed by atoms with Crippen LogP contribution in [0.3, 0.4) is 0 Å². The van der Waals surface area contributed by atoms with Crippen molar-refractivity contribution < 1.29 is 9.72 Å². The summed E-state index contributed by atoms with van der Waals surface area (Å²) in [6, 6.07) is 4.11. The molecule has 0 saturated heterocycles. The van der Waals surface area contributed by atoms with E-state index < -0.39 is 4.92 Å². The van der Waals surface area contributed by atoms with E-state index in [1.807, 2.05) is 0 Å².